The summed E-state index contributed by atoms with van der Waals surface area (Å²) >= 11 is 3.42. The molecular weight excluding hydrogens is 332 g/mol. The van der Waals surface area contributed by atoms with Crippen LogP contribution in [0.15, 0.2) is 53.3 Å². The van der Waals surface area contributed by atoms with Crippen molar-refractivity contribution < 1.29 is 9.84 Å². The van der Waals surface area contributed by atoms with Crippen molar-refractivity contribution in [1.82, 2.24) is 9.38 Å². The van der Waals surface area contributed by atoms with Gasteiger partial charge in [0.1, 0.15) is 18.0 Å². The number of pyridine rings is 1. The number of nitrogens with zero attached hydrogens (tertiary/aromatic N) is 2. The Labute approximate surface area is 131 Å². The molecule has 0 aliphatic rings. The Morgan fingerprint density at radius 1 is 1.33 bits per heavy atom. The van der Waals surface area contributed by atoms with E-state index in [-0.39, 0.29) is 0 Å². The molecular formula is C16H15BrN2O2. The normalized spacial score (nSPS) is 12.5. The van der Waals surface area contributed by atoms with Crippen molar-refractivity contribution in [3.8, 4) is 5.75 Å². The van der Waals surface area contributed by atoms with Crippen molar-refractivity contribution in [3.63, 3.8) is 0 Å². The number of halogens is 1. The maximum atomic E-state index is 9.79. The molecule has 1 aromatic carbocycles. The maximum absolute atomic E-state index is 9.79. The third kappa shape index (κ3) is 3.09. The summed E-state index contributed by atoms with van der Waals surface area (Å²) in [7, 11) is 0. The molecule has 3 rings (SSSR count). The first kappa shape index (κ1) is 14.1. The number of fused-ring (bicyclic) bond motifs is 1. The highest BCUT2D eigenvalue weighted by Crippen LogP contribution is 2.29. The summed E-state index contributed by atoms with van der Waals surface area (Å²) in [6, 6.07) is 11.5. The molecule has 0 bridgehead atoms. The van der Waals surface area contributed by atoms with Crippen LogP contribution in [0.3, 0.4) is 0 Å². The molecule has 21 heavy (non-hydrogen) atoms. The van der Waals surface area contributed by atoms with E-state index in [1.54, 1.807) is 6.92 Å². The molecule has 0 amide bonds. The van der Waals surface area contributed by atoms with Crippen LogP contribution in [-0.4, -0.2) is 14.5 Å². The molecule has 2 aromatic heterocycles. The van der Waals surface area contributed by atoms with E-state index < -0.39 is 6.10 Å². The van der Waals surface area contributed by atoms with Gasteiger partial charge in [-0.1, -0.05) is 28.1 Å². The van der Waals surface area contributed by atoms with E-state index in [1.807, 2.05) is 53.2 Å². The molecule has 0 fully saturated rings. The molecule has 1 N–H and O–H groups in total. The Bertz CT molecular complexity index is 735. The summed E-state index contributed by atoms with van der Waals surface area (Å²) in [5.41, 5.74) is 2.50. The summed E-state index contributed by atoms with van der Waals surface area (Å²) in [5, 5.41) is 9.79. The number of ether oxygens (including phenoxy) is 1. The highest BCUT2D eigenvalue weighted by Gasteiger charge is 2.11. The van der Waals surface area contributed by atoms with Gasteiger partial charge in [-0.3, -0.25) is 0 Å². The highest BCUT2D eigenvalue weighted by molar-refractivity contribution is 9.10. The van der Waals surface area contributed by atoms with Crippen molar-refractivity contribution >= 4 is 21.6 Å². The summed E-state index contributed by atoms with van der Waals surface area (Å²) in [5.74, 6) is 0.663. The fourth-order valence-electron chi connectivity index (χ4n) is 2.19. The fourth-order valence-corrected chi connectivity index (χ4v) is 2.53. The van der Waals surface area contributed by atoms with Crippen LogP contribution in [-0.2, 0) is 6.61 Å². The monoisotopic (exact) mass is 346 g/mol. The zero-order chi connectivity index (χ0) is 14.8. The summed E-state index contributed by atoms with van der Waals surface area (Å²) in [4.78, 5) is 4.49. The summed E-state index contributed by atoms with van der Waals surface area (Å²) in [6.45, 7) is 2.08. The zero-order valence-corrected chi connectivity index (χ0v) is 13.1. The maximum Gasteiger partial charge on any atom is 0.137 e. The van der Waals surface area contributed by atoms with Crippen LogP contribution < -0.4 is 4.74 Å². The third-order valence-electron chi connectivity index (χ3n) is 3.22. The second-order valence-electron chi connectivity index (χ2n) is 4.85. The lowest BCUT2D eigenvalue weighted by Crippen LogP contribution is -2.01. The lowest BCUT2D eigenvalue weighted by molar-refractivity contribution is 0.190. The summed E-state index contributed by atoms with van der Waals surface area (Å²) < 4.78 is 8.70. The number of aliphatic hydroxyl groups is 1. The standard InChI is InChI=1S/C16H15BrN2O2/c1-11(20)14-6-5-12(17)8-15(14)21-10-13-9-19-7-3-2-4-16(19)18-13/h2-9,11,20H,10H2,1H3. The van der Waals surface area contributed by atoms with Gasteiger partial charge in [0.15, 0.2) is 0 Å². The molecule has 0 aliphatic heterocycles. The number of hydrogen-bond donors (Lipinski definition) is 1. The SMILES string of the molecule is CC(O)c1ccc(Br)cc1OCc1cn2ccccc2n1. The van der Waals surface area contributed by atoms with Crippen LogP contribution in [0.5, 0.6) is 5.75 Å². The average Bonchev–Trinajstić information content (AvgIpc) is 2.87. The van der Waals surface area contributed by atoms with Gasteiger partial charge in [-0.15, -0.1) is 0 Å². The topological polar surface area (TPSA) is 46.8 Å². The van der Waals surface area contributed by atoms with Crippen LogP contribution in [0.2, 0.25) is 0 Å². The molecule has 1 unspecified atom stereocenters. The van der Waals surface area contributed by atoms with Gasteiger partial charge in [-0.05, 0) is 31.2 Å². The van der Waals surface area contributed by atoms with E-state index in [9.17, 15) is 5.11 Å². The molecule has 5 heteroatoms. The smallest absolute Gasteiger partial charge is 0.137 e. The summed E-state index contributed by atoms with van der Waals surface area (Å²) in [6.07, 6.45) is 3.32. The van der Waals surface area contributed by atoms with Crippen LogP contribution in [0.4, 0.5) is 0 Å². The van der Waals surface area contributed by atoms with E-state index in [0.717, 1.165) is 21.4 Å². The van der Waals surface area contributed by atoms with E-state index >= 15 is 0 Å². The molecule has 3 aromatic rings. The van der Waals surface area contributed by atoms with Crippen LogP contribution in [0, 0.1) is 0 Å². The lowest BCUT2D eigenvalue weighted by Gasteiger charge is -2.13. The van der Waals surface area contributed by atoms with Crippen LogP contribution in [0.1, 0.15) is 24.3 Å². The molecule has 0 saturated heterocycles. The number of hydrogen-bond acceptors (Lipinski definition) is 3. The lowest BCUT2D eigenvalue weighted by atomic mass is 10.1. The second kappa shape index (κ2) is 5.87. The van der Waals surface area contributed by atoms with Crippen molar-refractivity contribution in [1.29, 1.82) is 0 Å². The van der Waals surface area contributed by atoms with Crippen molar-refractivity contribution in [2.24, 2.45) is 0 Å². The zero-order valence-electron chi connectivity index (χ0n) is 11.5. The predicted molar refractivity (Wildman–Crippen MR) is 84.3 cm³/mol. The Kier molecular flexibility index (Phi) is 3.94. The van der Waals surface area contributed by atoms with E-state index in [4.69, 9.17) is 4.74 Å². The molecule has 108 valence electrons. The van der Waals surface area contributed by atoms with E-state index in [0.29, 0.717) is 12.4 Å². The van der Waals surface area contributed by atoms with Gasteiger partial charge >= 0.3 is 0 Å². The quantitative estimate of drug-likeness (QED) is 0.782. The minimum Gasteiger partial charge on any atom is -0.487 e. The van der Waals surface area contributed by atoms with Crippen LogP contribution >= 0.6 is 15.9 Å². The third-order valence-corrected chi connectivity index (χ3v) is 3.71. The fraction of sp³-hybridized carbons (Fsp3) is 0.188. The molecule has 0 spiro atoms. The first-order valence-electron chi connectivity index (χ1n) is 6.66. The van der Waals surface area contributed by atoms with Gasteiger partial charge in [0.25, 0.3) is 0 Å². The first-order valence-corrected chi connectivity index (χ1v) is 7.46. The molecule has 1 atom stereocenters. The van der Waals surface area contributed by atoms with Crippen LogP contribution in [0.25, 0.3) is 5.65 Å². The number of aliphatic hydroxyl groups excluding tert-OH is 1. The number of benzene rings is 1. The largest absolute Gasteiger partial charge is 0.487 e. The minimum atomic E-state index is -0.575. The molecule has 0 radical (unpaired) electrons. The van der Waals surface area contributed by atoms with Gasteiger partial charge < -0.3 is 14.2 Å². The van der Waals surface area contributed by atoms with Gasteiger partial charge in [0.2, 0.25) is 0 Å². The Morgan fingerprint density at radius 2 is 2.19 bits per heavy atom. The number of aromatic nitrogens is 2. The van der Waals surface area contributed by atoms with Gasteiger partial charge in [-0.25, -0.2) is 4.98 Å². The van der Waals surface area contributed by atoms with Crippen molar-refractivity contribution in [2.45, 2.75) is 19.6 Å². The average molecular weight is 347 g/mol. The van der Waals surface area contributed by atoms with E-state index in [2.05, 4.69) is 20.9 Å². The van der Waals surface area contributed by atoms with E-state index in [1.165, 1.54) is 0 Å². The molecule has 0 aliphatic carbocycles. The number of rotatable bonds is 4. The molecule has 4 nitrogen and oxygen atoms in total. The van der Waals surface area contributed by atoms with Crippen molar-refractivity contribution in [2.75, 3.05) is 0 Å². The van der Waals surface area contributed by atoms with Crippen molar-refractivity contribution in [3.05, 3.63) is 64.5 Å². The Morgan fingerprint density at radius 3 is 2.95 bits per heavy atom. The predicted octanol–water partition coefficient (Wildman–Crippen LogP) is 3.73. The second-order valence-corrected chi connectivity index (χ2v) is 5.76. The van der Waals surface area contributed by atoms with Gasteiger partial charge in [0, 0.05) is 22.4 Å². The molecule has 2 heterocycles. The van der Waals surface area contributed by atoms with Gasteiger partial charge in [-0.2, -0.15) is 0 Å². The Balaban J connectivity index is 1.82. The number of imidazole rings is 1. The first-order chi connectivity index (χ1) is 10.1. The van der Waals surface area contributed by atoms with Gasteiger partial charge in [0.05, 0.1) is 11.8 Å². The highest BCUT2D eigenvalue weighted by atomic mass is 79.9. The molecule has 0 saturated carbocycles. The minimum absolute atomic E-state index is 0.359. The Hall–Kier alpha value is -1.85.